The number of carbonyl (C=O) groups is 1. The standard InChI is InChI=1S/C14H12BrNO/c1-16-13-9-5-3-7-11(13)14(17)10-6-2-4-8-12(10)15/h2-9,16H,1H3. The second-order valence-electron chi connectivity index (χ2n) is 3.60. The van der Waals surface area contributed by atoms with Crippen LogP contribution in [0, 0.1) is 0 Å². The van der Waals surface area contributed by atoms with Gasteiger partial charge in [0.05, 0.1) is 0 Å². The highest BCUT2D eigenvalue weighted by molar-refractivity contribution is 9.10. The first-order valence-corrected chi connectivity index (χ1v) is 6.09. The van der Waals surface area contributed by atoms with Crippen LogP contribution in [0.4, 0.5) is 5.69 Å². The van der Waals surface area contributed by atoms with Crippen LogP contribution in [0.5, 0.6) is 0 Å². The lowest BCUT2D eigenvalue weighted by Gasteiger charge is -2.08. The van der Waals surface area contributed by atoms with Gasteiger partial charge >= 0.3 is 0 Å². The van der Waals surface area contributed by atoms with E-state index in [2.05, 4.69) is 21.2 Å². The number of hydrogen-bond donors (Lipinski definition) is 1. The van der Waals surface area contributed by atoms with E-state index in [0.29, 0.717) is 11.1 Å². The Morgan fingerprint density at radius 1 is 1.00 bits per heavy atom. The Labute approximate surface area is 109 Å². The number of anilines is 1. The molecule has 0 atom stereocenters. The van der Waals surface area contributed by atoms with E-state index in [1.54, 1.807) is 0 Å². The highest BCUT2D eigenvalue weighted by Crippen LogP contribution is 2.23. The Hall–Kier alpha value is -1.61. The van der Waals surface area contributed by atoms with E-state index in [1.807, 2.05) is 55.6 Å². The van der Waals surface area contributed by atoms with Crippen molar-refractivity contribution in [1.29, 1.82) is 0 Å². The normalized spacial score (nSPS) is 10.0. The van der Waals surface area contributed by atoms with E-state index in [9.17, 15) is 4.79 Å². The largest absolute Gasteiger partial charge is 0.388 e. The molecule has 17 heavy (non-hydrogen) atoms. The summed E-state index contributed by atoms with van der Waals surface area (Å²) in [5.41, 5.74) is 2.20. The van der Waals surface area contributed by atoms with E-state index < -0.39 is 0 Å². The van der Waals surface area contributed by atoms with Gasteiger partial charge in [0.25, 0.3) is 0 Å². The summed E-state index contributed by atoms with van der Waals surface area (Å²) >= 11 is 3.40. The fourth-order valence-electron chi connectivity index (χ4n) is 1.69. The first-order valence-electron chi connectivity index (χ1n) is 5.30. The molecular formula is C14H12BrNO. The molecule has 86 valence electrons. The highest BCUT2D eigenvalue weighted by Gasteiger charge is 2.14. The average molecular weight is 290 g/mol. The third-order valence-corrected chi connectivity index (χ3v) is 3.25. The highest BCUT2D eigenvalue weighted by atomic mass is 79.9. The van der Waals surface area contributed by atoms with Crippen LogP contribution in [-0.2, 0) is 0 Å². The summed E-state index contributed by atoms with van der Waals surface area (Å²) in [7, 11) is 1.81. The number of hydrogen-bond acceptors (Lipinski definition) is 2. The topological polar surface area (TPSA) is 29.1 Å². The molecule has 0 aromatic heterocycles. The molecule has 0 unspecified atom stereocenters. The molecule has 0 saturated heterocycles. The molecule has 1 N–H and O–H groups in total. The van der Waals surface area contributed by atoms with Crippen LogP contribution in [0.15, 0.2) is 53.0 Å². The van der Waals surface area contributed by atoms with Crippen molar-refractivity contribution in [3.05, 3.63) is 64.1 Å². The minimum absolute atomic E-state index is 0.0161. The minimum Gasteiger partial charge on any atom is -0.388 e. The summed E-state index contributed by atoms with van der Waals surface area (Å²) in [4.78, 5) is 12.4. The molecule has 0 bridgehead atoms. The maximum Gasteiger partial charge on any atom is 0.196 e. The van der Waals surface area contributed by atoms with Crippen molar-refractivity contribution in [2.75, 3.05) is 12.4 Å². The van der Waals surface area contributed by atoms with Crippen molar-refractivity contribution in [3.8, 4) is 0 Å². The van der Waals surface area contributed by atoms with Gasteiger partial charge in [0, 0.05) is 28.3 Å². The van der Waals surface area contributed by atoms with Gasteiger partial charge in [0.2, 0.25) is 0 Å². The Balaban J connectivity index is 2.48. The fourth-order valence-corrected chi connectivity index (χ4v) is 2.15. The van der Waals surface area contributed by atoms with Gasteiger partial charge in [-0.25, -0.2) is 0 Å². The van der Waals surface area contributed by atoms with Crippen LogP contribution in [0.2, 0.25) is 0 Å². The van der Waals surface area contributed by atoms with Crippen LogP contribution >= 0.6 is 15.9 Å². The van der Waals surface area contributed by atoms with Crippen LogP contribution in [0.1, 0.15) is 15.9 Å². The fraction of sp³-hybridized carbons (Fsp3) is 0.0714. The number of halogens is 1. The molecule has 0 amide bonds. The first kappa shape index (κ1) is 11.9. The molecule has 0 aliphatic carbocycles. The lowest BCUT2D eigenvalue weighted by Crippen LogP contribution is -2.05. The molecule has 0 aliphatic heterocycles. The van der Waals surface area contributed by atoms with Gasteiger partial charge < -0.3 is 5.32 Å². The number of benzene rings is 2. The number of rotatable bonds is 3. The molecule has 2 rings (SSSR count). The van der Waals surface area contributed by atoms with E-state index in [0.717, 1.165) is 10.2 Å². The van der Waals surface area contributed by atoms with Crippen LogP contribution in [0.3, 0.4) is 0 Å². The summed E-state index contributed by atoms with van der Waals surface area (Å²) in [5, 5.41) is 3.03. The van der Waals surface area contributed by atoms with E-state index in [-0.39, 0.29) is 5.78 Å². The maximum atomic E-state index is 12.4. The van der Waals surface area contributed by atoms with Crippen molar-refractivity contribution >= 4 is 27.4 Å². The molecule has 0 aliphatic rings. The van der Waals surface area contributed by atoms with Crippen molar-refractivity contribution in [2.24, 2.45) is 0 Å². The molecule has 0 spiro atoms. The van der Waals surface area contributed by atoms with Crippen molar-refractivity contribution in [1.82, 2.24) is 0 Å². The van der Waals surface area contributed by atoms with Crippen molar-refractivity contribution < 1.29 is 4.79 Å². The first-order chi connectivity index (χ1) is 8.24. The van der Waals surface area contributed by atoms with Crippen LogP contribution in [0.25, 0.3) is 0 Å². The summed E-state index contributed by atoms with van der Waals surface area (Å²) in [5.74, 6) is 0.0161. The molecule has 0 heterocycles. The number of nitrogens with one attached hydrogen (secondary N) is 1. The molecule has 0 fully saturated rings. The lowest BCUT2D eigenvalue weighted by molar-refractivity contribution is 0.103. The van der Waals surface area contributed by atoms with Crippen molar-refractivity contribution in [2.45, 2.75) is 0 Å². The third-order valence-electron chi connectivity index (χ3n) is 2.56. The average Bonchev–Trinajstić information content (AvgIpc) is 2.38. The monoisotopic (exact) mass is 289 g/mol. The zero-order chi connectivity index (χ0) is 12.3. The summed E-state index contributed by atoms with van der Waals surface area (Å²) in [6, 6.07) is 14.9. The maximum absolute atomic E-state index is 12.4. The number of carbonyl (C=O) groups excluding carboxylic acids is 1. The molecule has 0 radical (unpaired) electrons. The van der Waals surface area contributed by atoms with E-state index in [4.69, 9.17) is 0 Å². The van der Waals surface area contributed by atoms with Crippen molar-refractivity contribution in [3.63, 3.8) is 0 Å². The van der Waals surface area contributed by atoms with Crippen LogP contribution < -0.4 is 5.32 Å². The third kappa shape index (κ3) is 2.39. The molecule has 3 heteroatoms. The van der Waals surface area contributed by atoms with Gasteiger partial charge in [-0.05, 0) is 24.3 Å². The quantitative estimate of drug-likeness (QED) is 0.873. The summed E-state index contributed by atoms with van der Waals surface area (Å²) in [6.45, 7) is 0. The van der Waals surface area contributed by atoms with E-state index >= 15 is 0 Å². The van der Waals surface area contributed by atoms with Gasteiger partial charge in [-0.2, -0.15) is 0 Å². The van der Waals surface area contributed by atoms with Gasteiger partial charge in [0.1, 0.15) is 0 Å². The van der Waals surface area contributed by atoms with E-state index in [1.165, 1.54) is 0 Å². The smallest absolute Gasteiger partial charge is 0.196 e. The molecule has 2 nitrogen and oxygen atoms in total. The Kier molecular flexibility index (Phi) is 3.59. The second kappa shape index (κ2) is 5.15. The number of para-hydroxylation sites is 1. The Morgan fingerprint density at radius 3 is 2.24 bits per heavy atom. The zero-order valence-corrected chi connectivity index (χ0v) is 11.0. The molecule has 0 saturated carbocycles. The SMILES string of the molecule is CNc1ccccc1C(=O)c1ccccc1Br. The van der Waals surface area contributed by atoms with Gasteiger partial charge in [-0.3, -0.25) is 4.79 Å². The van der Waals surface area contributed by atoms with Gasteiger partial charge in [-0.15, -0.1) is 0 Å². The Morgan fingerprint density at radius 2 is 1.59 bits per heavy atom. The predicted octanol–water partition coefficient (Wildman–Crippen LogP) is 3.72. The molecular weight excluding hydrogens is 278 g/mol. The number of ketones is 1. The molecule has 2 aromatic rings. The molecule has 2 aromatic carbocycles. The van der Waals surface area contributed by atoms with Gasteiger partial charge in [0.15, 0.2) is 5.78 Å². The Bertz CT molecular complexity index is 551. The minimum atomic E-state index is 0.0161. The lowest BCUT2D eigenvalue weighted by atomic mass is 10.0. The second-order valence-corrected chi connectivity index (χ2v) is 4.46. The summed E-state index contributed by atoms with van der Waals surface area (Å²) in [6.07, 6.45) is 0. The zero-order valence-electron chi connectivity index (χ0n) is 9.41. The summed E-state index contributed by atoms with van der Waals surface area (Å²) < 4.78 is 0.816. The van der Waals surface area contributed by atoms with Crippen LogP contribution in [-0.4, -0.2) is 12.8 Å². The predicted molar refractivity (Wildman–Crippen MR) is 73.6 cm³/mol. The van der Waals surface area contributed by atoms with Gasteiger partial charge in [-0.1, -0.05) is 40.2 Å².